The molecular formula is C13H14N4O2. The van der Waals surface area contributed by atoms with Gasteiger partial charge in [-0.05, 0) is 19.1 Å². The van der Waals surface area contributed by atoms with Gasteiger partial charge in [0.15, 0.2) is 0 Å². The van der Waals surface area contributed by atoms with Crippen molar-refractivity contribution in [2.45, 2.75) is 13.0 Å². The number of ether oxygens (including phenoxy) is 1. The zero-order chi connectivity index (χ0) is 13.8. The Morgan fingerprint density at radius 2 is 2.00 bits per heavy atom. The van der Waals surface area contributed by atoms with E-state index >= 15 is 0 Å². The molecule has 1 atom stereocenters. The van der Waals surface area contributed by atoms with Crippen LogP contribution in [-0.4, -0.2) is 28.0 Å². The number of esters is 1. The molecule has 2 N–H and O–H groups in total. The molecule has 0 amide bonds. The molecule has 0 spiro atoms. The third kappa shape index (κ3) is 2.74. The number of carbonyl (C=O) groups excluding carboxylic acids is 1. The SMILES string of the molecule is COC(=O)c1ccc(-c2nccnc2C(C)N)nc1. The summed E-state index contributed by atoms with van der Waals surface area (Å²) in [5.41, 5.74) is 8.14. The lowest BCUT2D eigenvalue weighted by molar-refractivity contribution is 0.0600. The van der Waals surface area contributed by atoms with Crippen molar-refractivity contribution in [1.29, 1.82) is 0 Å². The Balaban J connectivity index is 2.40. The van der Waals surface area contributed by atoms with Crippen LogP contribution < -0.4 is 5.73 Å². The summed E-state index contributed by atoms with van der Waals surface area (Å²) in [6.45, 7) is 1.83. The lowest BCUT2D eigenvalue weighted by Gasteiger charge is -2.09. The van der Waals surface area contributed by atoms with Gasteiger partial charge in [0.1, 0.15) is 5.69 Å². The maximum absolute atomic E-state index is 11.3. The fourth-order valence-electron chi connectivity index (χ4n) is 1.65. The Kier molecular flexibility index (Phi) is 3.82. The van der Waals surface area contributed by atoms with Crippen LogP contribution in [0.1, 0.15) is 29.0 Å². The molecule has 2 rings (SSSR count). The highest BCUT2D eigenvalue weighted by molar-refractivity contribution is 5.89. The Labute approximate surface area is 110 Å². The van der Waals surface area contributed by atoms with Crippen molar-refractivity contribution in [3.63, 3.8) is 0 Å². The molecule has 2 aromatic heterocycles. The van der Waals surface area contributed by atoms with E-state index in [0.717, 1.165) is 0 Å². The highest BCUT2D eigenvalue weighted by Gasteiger charge is 2.13. The molecule has 98 valence electrons. The maximum Gasteiger partial charge on any atom is 0.339 e. The van der Waals surface area contributed by atoms with Gasteiger partial charge in [0.25, 0.3) is 0 Å². The molecule has 19 heavy (non-hydrogen) atoms. The molecule has 6 heteroatoms. The number of nitrogens with two attached hydrogens (primary N) is 1. The Hall–Kier alpha value is -2.34. The van der Waals surface area contributed by atoms with Crippen molar-refractivity contribution in [2.75, 3.05) is 7.11 Å². The third-order valence-electron chi connectivity index (χ3n) is 2.59. The smallest absolute Gasteiger partial charge is 0.339 e. The van der Waals surface area contributed by atoms with Crippen molar-refractivity contribution in [3.8, 4) is 11.4 Å². The monoisotopic (exact) mass is 258 g/mol. The van der Waals surface area contributed by atoms with Gasteiger partial charge in [0, 0.05) is 24.6 Å². The first kappa shape index (κ1) is 13.1. The van der Waals surface area contributed by atoms with E-state index in [4.69, 9.17) is 5.73 Å². The van der Waals surface area contributed by atoms with E-state index in [-0.39, 0.29) is 6.04 Å². The van der Waals surface area contributed by atoms with Gasteiger partial charge in [0.05, 0.1) is 24.1 Å². The lowest BCUT2D eigenvalue weighted by Crippen LogP contribution is -2.10. The van der Waals surface area contributed by atoms with E-state index < -0.39 is 5.97 Å². The van der Waals surface area contributed by atoms with Gasteiger partial charge in [-0.1, -0.05) is 0 Å². The molecule has 0 saturated heterocycles. The number of nitrogens with zero attached hydrogens (tertiary/aromatic N) is 3. The summed E-state index contributed by atoms with van der Waals surface area (Å²) in [6, 6.07) is 3.08. The van der Waals surface area contributed by atoms with Crippen molar-refractivity contribution < 1.29 is 9.53 Å². The summed E-state index contributed by atoms with van der Waals surface area (Å²) < 4.78 is 4.62. The van der Waals surface area contributed by atoms with Crippen molar-refractivity contribution in [3.05, 3.63) is 42.0 Å². The molecule has 0 aromatic carbocycles. The molecule has 2 heterocycles. The molecular weight excluding hydrogens is 244 g/mol. The number of rotatable bonds is 3. The number of pyridine rings is 1. The van der Waals surface area contributed by atoms with E-state index in [1.807, 2.05) is 6.92 Å². The first-order valence-corrected chi connectivity index (χ1v) is 5.74. The molecule has 0 fully saturated rings. The van der Waals surface area contributed by atoms with Crippen LogP contribution in [0.5, 0.6) is 0 Å². The summed E-state index contributed by atoms with van der Waals surface area (Å²) >= 11 is 0. The standard InChI is InChI=1S/C13H14N4O2/c1-8(14)11-12(16-6-5-15-11)10-4-3-9(7-17-10)13(18)19-2/h3-8H,14H2,1-2H3. The largest absolute Gasteiger partial charge is 0.465 e. The third-order valence-corrected chi connectivity index (χ3v) is 2.59. The van der Waals surface area contributed by atoms with E-state index in [9.17, 15) is 4.79 Å². The number of methoxy groups -OCH3 is 1. The summed E-state index contributed by atoms with van der Waals surface area (Å²) in [4.78, 5) is 24.0. The zero-order valence-electron chi connectivity index (χ0n) is 10.7. The molecule has 0 aliphatic rings. The molecule has 2 aromatic rings. The predicted molar refractivity (Wildman–Crippen MR) is 69.2 cm³/mol. The van der Waals surface area contributed by atoms with E-state index in [2.05, 4.69) is 19.7 Å². The maximum atomic E-state index is 11.3. The Morgan fingerprint density at radius 3 is 2.58 bits per heavy atom. The summed E-state index contributed by atoms with van der Waals surface area (Å²) in [5, 5.41) is 0. The molecule has 1 unspecified atom stereocenters. The second-order valence-corrected chi connectivity index (χ2v) is 4.00. The normalized spacial score (nSPS) is 11.9. The molecule has 0 aliphatic heterocycles. The van der Waals surface area contributed by atoms with Crippen LogP contribution in [0.4, 0.5) is 0 Å². The number of carbonyl (C=O) groups is 1. The second-order valence-electron chi connectivity index (χ2n) is 4.00. The second kappa shape index (κ2) is 5.53. The van der Waals surface area contributed by atoms with Crippen molar-refractivity contribution >= 4 is 5.97 Å². The van der Waals surface area contributed by atoms with Crippen molar-refractivity contribution in [1.82, 2.24) is 15.0 Å². The molecule has 0 radical (unpaired) electrons. The van der Waals surface area contributed by atoms with Crippen LogP contribution in [0.3, 0.4) is 0 Å². The van der Waals surface area contributed by atoms with Crippen molar-refractivity contribution in [2.24, 2.45) is 5.73 Å². The average molecular weight is 258 g/mol. The van der Waals surface area contributed by atoms with E-state index in [1.54, 1.807) is 24.5 Å². The highest BCUT2D eigenvalue weighted by Crippen LogP contribution is 2.21. The van der Waals surface area contributed by atoms with Gasteiger partial charge in [0.2, 0.25) is 0 Å². The van der Waals surface area contributed by atoms with E-state index in [0.29, 0.717) is 22.6 Å². The minimum Gasteiger partial charge on any atom is -0.465 e. The topological polar surface area (TPSA) is 91.0 Å². The Bertz CT molecular complexity index is 581. The first-order chi connectivity index (χ1) is 9.13. The average Bonchev–Trinajstić information content (AvgIpc) is 2.46. The van der Waals surface area contributed by atoms with Gasteiger partial charge in [-0.2, -0.15) is 0 Å². The van der Waals surface area contributed by atoms with Crippen LogP contribution in [0.25, 0.3) is 11.4 Å². The van der Waals surface area contributed by atoms with Crippen LogP contribution in [-0.2, 0) is 4.74 Å². The van der Waals surface area contributed by atoms with Gasteiger partial charge < -0.3 is 10.5 Å². The van der Waals surface area contributed by atoms with Gasteiger partial charge >= 0.3 is 5.97 Å². The number of aromatic nitrogens is 3. The predicted octanol–water partition coefficient (Wildman–Crippen LogP) is 1.34. The fraction of sp³-hybridized carbons (Fsp3) is 0.231. The van der Waals surface area contributed by atoms with Crippen LogP contribution in [0.15, 0.2) is 30.7 Å². The van der Waals surface area contributed by atoms with Crippen LogP contribution in [0.2, 0.25) is 0 Å². The van der Waals surface area contributed by atoms with E-state index in [1.165, 1.54) is 13.3 Å². The number of hydrogen-bond donors (Lipinski definition) is 1. The van der Waals surface area contributed by atoms with Gasteiger partial charge in [-0.25, -0.2) is 4.79 Å². The number of hydrogen-bond acceptors (Lipinski definition) is 6. The molecule has 0 saturated carbocycles. The minimum atomic E-state index is -0.425. The lowest BCUT2D eigenvalue weighted by atomic mass is 10.1. The molecule has 0 aliphatic carbocycles. The quantitative estimate of drug-likeness (QED) is 0.835. The zero-order valence-corrected chi connectivity index (χ0v) is 10.7. The van der Waals surface area contributed by atoms with Gasteiger partial charge in [-0.3, -0.25) is 15.0 Å². The van der Waals surface area contributed by atoms with Crippen LogP contribution >= 0.6 is 0 Å². The van der Waals surface area contributed by atoms with Gasteiger partial charge in [-0.15, -0.1) is 0 Å². The molecule has 6 nitrogen and oxygen atoms in total. The Morgan fingerprint density at radius 1 is 1.26 bits per heavy atom. The fourth-order valence-corrected chi connectivity index (χ4v) is 1.65. The van der Waals surface area contributed by atoms with Crippen LogP contribution in [0, 0.1) is 0 Å². The summed E-state index contributed by atoms with van der Waals surface area (Å²) in [6.07, 6.45) is 4.61. The highest BCUT2D eigenvalue weighted by atomic mass is 16.5. The molecule has 0 bridgehead atoms. The first-order valence-electron chi connectivity index (χ1n) is 5.74. The minimum absolute atomic E-state index is 0.245. The summed E-state index contributed by atoms with van der Waals surface area (Å²) in [5.74, 6) is -0.425. The summed E-state index contributed by atoms with van der Waals surface area (Å²) in [7, 11) is 1.33.